The van der Waals surface area contributed by atoms with E-state index in [-0.39, 0.29) is 11.9 Å². The number of nitrogens with one attached hydrogen (secondary N) is 1. The predicted molar refractivity (Wildman–Crippen MR) is 67.4 cm³/mol. The molecule has 3 rings (SSSR count). The third-order valence-corrected chi connectivity index (χ3v) is 3.39. The monoisotopic (exact) mass is 263 g/mol. The summed E-state index contributed by atoms with van der Waals surface area (Å²) in [5.41, 5.74) is 2.35. The molecule has 0 aromatic heterocycles. The highest BCUT2D eigenvalue weighted by molar-refractivity contribution is 5.48. The Morgan fingerprint density at radius 2 is 1.63 bits per heavy atom. The van der Waals surface area contributed by atoms with Gasteiger partial charge in [0.05, 0.1) is 6.04 Å². The zero-order chi connectivity index (χ0) is 13.4. The molecule has 0 heterocycles. The number of hydrogen-bond donors (Lipinski definition) is 1. The van der Waals surface area contributed by atoms with Crippen LogP contribution < -0.4 is 5.32 Å². The van der Waals surface area contributed by atoms with Crippen LogP contribution in [0.4, 0.5) is 18.9 Å². The summed E-state index contributed by atoms with van der Waals surface area (Å²) in [7, 11) is 0. The van der Waals surface area contributed by atoms with Gasteiger partial charge in [-0.05, 0) is 48.2 Å². The molecule has 1 atom stereocenters. The summed E-state index contributed by atoms with van der Waals surface area (Å²) in [5.74, 6) is -1.48. The highest BCUT2D eigenvalue weighted by Gasteiger charge is 2.22. The van der Waals surface area contributed by atoms with Gasteiger partial charge in [-0.3, -0.25) is 0 Å². The lowest BCUT2D eigenvalue weighted by atomic mass is 10.1. The first-order chi connectivity index (χ1) is 9.11. The van der Waals surface area contributed by atoms with Crippen molar-refractivity contribution in [2.24, 2.45) is 0 Å². The van der Waals surface area contributed by atoms with Crippen molar-refractivity contribution < 1.29 is 13.2 Å². The van der Waals surface area contributed by atoms with Gasteiger partial charge in [0, 0.05) is 11.8 Å². The number of anilines is 1. The van der Waals surface area contributed by atoms with Crippen molar-refractivity contribution in [2.45, 2.75) is 18.9 Å². The van der Waals surface area contributed by atoms with E-state index in [4.69, 9.17) is 0 Å². The largest absolute Gasteiger partial charge is 0.378 e. The van der Waals surface area contributed by atoms with E-state index in [0.29, 0.717) is 5.69 Å². The van der Waals surface area contributed by atoms with E-state index in [9.17, 15) is 13.2 Å². The normalized spacial score (nSPS) is 17.3. The second kappa shape index (κ2) is 4.61. The van der Waals surface area contributed by atoms with Crippen LogP contribution >= 0.6 is 0 Å². The summed E-state index contributed by atoms with van der Waals surface area (Å²) in [5, 5.41) is 3.10. The van der Waals surface area contributed by atoms with E-state index >= 15 is 0 Å². The molecular weight excluding hydrogens is 251 g/mol. The molecule has 98 valence electrons. The van der Waals surface area contributed by atoms with Gasteiger partial charge in [0.25, 0.3) is 0 Å². The summed E-state index contributed by atoms with van der Waals surface area (Å²) in [4.78, 5) is 0. The van der Waals surface area contributed by atoms with E-state index in [2.05, 4.69) is 5.32 Å². The van der Waals surface area contributed by atoms with E-state index in [1.54, 1.807) is 6.07 Å². The van der Waals surface area contributed by atoms with Gasteiger partial charge in [-0.25, -0.2) is 13.2 Å². The molecule has 1 nitrogen and oxygen atoms in total. The van der Waals surface area contributed by atoms with Crippen LogP contribution in [-0.4, -0.2) is 0 Å². The molecule has 2 aromatic carbocycles. The Balaban J connectivity index is 1.86. The minimum atomic E-state index is -0.611. The molecule has 0 bridgehead atoms. The van der Waals surface area contributed by atoms with Crippen molar-refractivity contribution in [3.8, 4) is 0 Å². The minimum absolute atomic E-state index is 0.0307. The van der Waals surface area contributed by atoms with E-state index in [0.717, 1.165) is 30.0 Å². The fourth-order valence-electron chi connectivity index (χ4n) is 2.57. The molecule has 1 aliphatic rings. The molecule has 4 heteroatoms. The number of aryl methyl sites for hydroxylation is 1. The molecule has 0 saturated carbocycles. The lowest BCUT2D eigenvalue weighted by Crippen LogP contribution is -2.07. The van der Waals surface area contributed by atoms with E-state index in [1.165, 1.54) is 24.3 Å². The van der Waals surface area contributed by atoms with Gasteiger partial charge < -0.3 is 5.32 Å². The second-order valence-corrected chi connectivity index (χ2v) is 4.74. The average Bonchev–Trinajstić information content (AvgIpc) is 2.70. The molecule has 0 radical (unpaired) electrons. The Labute approximate surface area is 109 Å². The maximum Gasteiger partial charge on any atom is 0.128 e. The number of rotatable bonds is 2. The first kappa shape index (κ1) is 12.1. The van der Waals surface area contributed by atoms with Crippen molar-refractivity contribution in [2.75, 3.05) is 5.32 Å². The molecule has 0 saturated heterocycles. The summed E-state index contributed by atoms with van der Waals surface area (Å²) < 4.78 is 39.3. The molecular formula is C15H12F3N. The number of halogens is 3. The quantitative estimate of drug-likeness (QED) is 0.856. The van der Waals surface area contributed by atoms with Gasteiger partial charge in [-0.2, -0.15) is 0 Å². The molecule has 0 fully saturated rings. The van der Waals surface area contributed by atoms with Crippen LogP contribution in [0.5, 0.6) is 0 Å². The Morgan fingerprint density at radius 1 is 0.895 bits per heavy atom. The summed E-state index contributed by atoms with van der Waals surface area (Å²) in [6.45, 7) is 0. The van der Waals surface area contributed by atoms with Crippen molar-refractivity contribution in [1.82, 2.24) is 0 Å². The van der Waals surface area contributed by atoms with Gasteiger partial charge >= 0.3 is 0 Å². The number of hydrogen-bond acceptors (Lipinski definition) is 1. The van der Waals surface area contributed by atoms with Crippen LogP contribution in [0, 0.1) is 17.5 Å². The zero-order valence-electron chi connectivity index (χ0n) is 10.1. The van der Waals surface area contributed by atoms with Gasteiger partial charge in [0.15, 0.2) is 0 Å². The Kier molecular flexibility index (Phi) is 2.93. The highest BCUT2D eigenvalue weighted by atomic mass is 19.1. The summed E-state index contributed by atoms with van der Waals surface area (Å²) in [6, 6.07) is 7.97. The first-order valence-electron chi connectivity index (χ1n) is 6.13. The fourth-order valence-corrected chi connectivity index (χ4v) is 2.57. The van der Waals surface area contributed by atoms with E-state index in [1.807, 2.05) is 0 Å². The minimum Gasteiger partial charge on any atom is -0.378 e. The predicted octanol–water partition coefficient (Wildman–Crippen LogP) is 4.20. The average molecular weight is 263 g/mol. The topological polar surface area (TPSA) is 12.0 Å². The van der Waals surface area contributed by atoms with Crippen LogP contribution in [0.15, 0.2) is 36.4 Å². The SMILES string of the molecule is Fc1cc(F)cc(NC2CCc3cc(F)ccc32)c1. The molecule has 0 aliphatic heterocycles. The number of benzene rings is 2. The van der Waals surface area contributed by atoms with E-state index < -0.39 is 11.6 Å². The van der Waals surface area contributed by atoms with Crippen molar-refractivity contribution in [1.29, 1.82) is 0 Å². The Morgan fingerprint density at radius 3 is 2.37 bits per heavy atom. The zero-order valence-corrected chi connectivity index (χ0v) is 10.1. The Bertz CT molecular complexity index is 605. The summed E-state index contributed by atoms with van der Waals surface area (Å²) in [6.07, 6.45) is 1.56. The van der Waals surface area contributed by atoms with Crippen LogP contribution in [0.2, 0.25) is 0 Å². The van der Waals surface area contributed by atoms with Gasteiger partial charge in [-0.15, -0.1) is 0 Å². The van der Waals surface area contributed by atoms with Gasteiger partial charge in [0.1, 0.15) is 17.5 Å². The maximum absolute atomic E-state index is 13.1. The van der Waals surface area contributed by atoms with Gasteiger partial charge in [0.2, 0.25) is 0 Å². The molecule has 0 amide bonds. The second-order valence-electron chi connectivity index (χ2n) is 4.74. The molecule has 1 aliphatic carbocycles. The standard InChI is InChI=1S/C15H12F3N/c16-10-2-3-14-9(5-10)1-4-15(14)19-13-7-11(17)6-12(18)8-13/h2-3,5-8,15,19H,1,4H2. The van der Waals surface area contributed by atoms with Gasteiger partial charge in [-0.1, -0.05) is 6.07 Å². The molecule has 1 N–H and O–H groups in total. The molecule has 0 spiro atoms. The lowest BCUT2D eigenvalue weighted by Gasteiger charge is -2.15. The maximum atomic E-state index is 13.1. The summed E-state index contributed by atoms with van der Waals surface area (Å²) >= 11 is 0. The van der Waals surface area contributed by atoms with Crippen LogP contribution in [0.3, 0.4) is 0 Å². The Hall–Kier alpha value is -1.97. The lowest BCUT2D eigenvalue weighted by molar-refractivity contribution is 0.583. The van der Waals surface area contributed by atoms with Crippen molar-refractivity contribution >= 4 is 5.69 Å². The smallest absolute Gasteiger partial charge is 0.128 e. The van der Waals surface area contributed by atoms with Crippen LogP contribution in [0.1, 0.15) is 23.6 Å². The number of fused-ring (bicyclic) bond motifs is 1. The van der Waals surface area contributed by atoms with Crippen LogP contribution in [-0.2, 0) is 6.42 Å². The third kappa shape index (κ3) is 2.43. The van der Waals surface area contributed by atoms with Crippen LogP contribution in [0.25, 0.3) is 0 Å². The molecule has 19 heavy (non-hydrogen) atoms. The molecule has 1 unspecified atom stereocenters. The molecule has 2 aromatic rings. The first-order valence-corrected chi connectivity index (χ1v) is 6.13. The van der Waals surface area contributed by atoms with Crippen molar-refractivity contribution in [3.63, 3.8) is 0 Å². The highest BCUT2D eigenvalue weighted by Crippen LogP contribution is 2.34. The third-order valence-electron chi connectivity index (χ3n) is 3.39. The fraction of sp³-hybridized carbons (Fsp3) is 0.200. The van der Waals surface area contributed by atoms with Crippen molar-refractivity contribution in [3.05, 3.63) is 65.0 Å².